The van der Waals surface area contributed by atoms with Crippen LogP contribution in [0.25, 0.3) is 0 Å². The highest BCUT2D eigenvalue weighted by Crippen LogP contribution is 2.28. The first kappa shape index (κ1) is 19.9. The molecule has 0 spiro atoms. The summed E-state index contributed by atoms with van der Waals surface area (Å²) in [5.74, 6) is -0.164. The highest BCUT2D eigenvalue weighted by molar-refractivity contribution is 5.88. The van der Waals surface area contributed by atoms with Crippen molar-refractivity contribution in [3.8, 4) is 11.5 Å². The summed E-state index contributed by atoms with van der Waals surface area (Å²) in [5, 5.41) is 13.0. The SMILES string of the molecule is COc1cc(/C=N/Nc2ccc(C(=O)O)cc2)ccc1OCc1ccc(F)cc1. The van der Waals surface area contributed by atoms with Crippen LogP contribution in [0, 0.1) is 5.82 Å². The second kappa shape index (κ2) is 9.36. The number of methoxy groups -OCH3 is 1. The predicted molar refractivity (Wildman–Crippen MR) is 108 cm³/mol. The monoisotopic (exact) mass is 394 g/mol. The van der Waals surface area contributed by atoms with Gasteiger partial charge < -0.3 is 14.6 Å². The number of hydrogen-bond donors (Lipinski definition) is 2. The zero-order valence-electron chi connectivity index (χ0n) is 15.6. The first-order valence-corrected chi connectivity index (χ1v) is 8.73. The molecule has 0 heterocycles. The molecule has 29 heavy (non-hydrogen) atoms. The highest BCUT2D eigenvalue weighted by Gasteiger charge is 2.06. The number of hydrazone groups is 1. The summed E-state index contributed by atoms with van der Waals surface area (Å²) in [6, 6.07) is 17.7. The van der Waals surface area contributed by atoms with Crippen LogP contribution in [0.15, 0.2) is 71.8 Å². The van der Waals surface area contributed by atoms with Crippen LogP contribution in [0.3, 0.4) is 0 Å². The van der Waals surface area contributed by atoms with E-state index in [1.807, 2.05) is 6.07 Å². The number of carbonyl (C=O) groups is 1. The number of aromatic carboxylic acids is 1. The van der Waals surface area contributed by atoms with E-state index in [0.29, 0.717) is 17.2 Å². The third-order valence-corrected chi connectivity index (χ3v) is 4.03. The van der Waals surface area contributed by atoms with Gasteiger partial charge in [0, 0.05) is 0 Å². The third-order valence-electron chi connectivity index (χ3n) is 4.03. The third kappa shape index (κ3) is 5.55. The number of halogens is 1. The number of hydrogen-bond acceptors (Lipinski definition) is 5. The molecular weight excluding hydrogens is 375 g/mol. The van der Waals surface area contributed by atoms with Crippen LogP contribution in [0.5, 0.6) is 11.5 Å². The minimum absolute atomic E-state index is 0.209. The van der Waals surface area contributed by atoms with Crippen molar-refractivity contribution in [3.63, 3.8) is 0 Å². The number of carboxylic acids is 1. The summed E-state index contributed by atoms with van der Waals surface area (Å²) in [7, 11) is 1.54. The predicted octanol–water partition coefficient (Wildman–Crippen LogP) is 4.56. The Morgan fingerprint density at radius 2 is 1.79 bits per heavy atom. The molecule has 2 N–H and O–H groups in total. The Kier molecular flexibility index (Phi) is 6.42. The molecule has 0 aliphatic rings. The molecule has 0 aromatic heterocycles. The maximum Gasteiger partial charge on any atom is 0.335 e. The molecule has 0 amide bonds. The second-order valence-corrected chi connectivity index (χ2v) is 6.08. The Morgan fingerprint density at radius 3 is 2.45 bits per heavy atom. The van der Waals surface area contributed by atoms with Gasteiger partial charge in [0.1, 0.15) is 12.4 Å². The van der Waals surface area contributed by atoms with E-state index < -0.39 is 5.97 Å². The summed E-state index contributed by atoms with van der Waals surface area (Å²) in [5.41, 5.74) is 5.34. The van der Waals surface area contributed by atoms with E-state index in [1.165, 1.54) is 24.3 Å². The van der Waals surface area contributed by atoms with E-state index in [-0.39, 0.29) is 18.0 Å². The topological polar surface area (TPSA) is 80.2 Å². The number of carboxylic acid groups (broad SMARTS) is 1. The van der Waals surface area contributed by atoms with Crippen molar-refractivity contribution < 1.29 is 23.8 Å². The number of benzene rings is 3. The lowest BCUT2D eigenvalue weighted by Crippen LogP contribution is -1.99. The summed E-state index contributed by atoms with van der Waals surface area (Å²) in [4.78, 5) is 10.9. The lowest BCUT2D eigenvalue weighted by Gasteiger charge is -2.11. The fraction of sp³-hybridized carbons (Fsp3) is 0.0909. The van der Waals surface area contributed by atoms with E-state index in [9.17, 15) is 9.18 Å². The zero-order valence-corrected chi connectivity index (χ0v) is 15.6. The molecule has 0 unspecified atom stereocenters. The molecule has 3 aromatic rings. The minimum atomic E-state index is -0.978. The molecule has 0 radical (unpaired) electrons. The average Bonchev–Trinajstić information content (AvgIpc) is 2.74. The van der Waals surface area contributed by atoms with Gasteiger partial charge in [-0.05, 0) is 65.7 Å². The van der Waals surface area contributed by atoms with Gasteiger partial charge in [-0.2, -0.15) is 5.10 Å². The number of nitrogens with one attached hydrogen (secondary N) is 1. The largest absolute Gasteiger partial charge is 0.493 e. The normalized spacial score (nSPS) is 10.7. The van der Waals surface area contributed by atoms with Gasteiger partial charge in [-0.3, -0.25) is 5.43 Å². The summed E-state index contributed by atoms with van der Waals surface area (Å²) in [6.07, 6.45) is 1.61. The quantitative estimate of drug-likeness (QED) is 0.433. The Hall–Kier alpha value is -3.87. The van der Waals surface area contributed by atoms with E-state index >= 15 is 0 Å². The smallest absolute Gasteiger partial charge is 0.335 e. The van der Waals surface area contributed by atoms with Crippen molar-refractivity contribution in [2.24, 2.45) is 5.10 Å². The van der Waals surface area contributed by atoms with Gasteiger partial charge in [-0.25, -0.2) is 9.18 Å². The van der Waals surface area contributed by atoms with Gasteiger partial charge in [0.05, 0.1) is 24.6 Å². The molecule has 3 aromatic carbocycles. The maximum atomic E-state index is 13.0. The van der Waals surface area contributed by atoms with Crippen LogP contribution in [0.2, 0.25) is 0 Å². The lowest BCUT2D eigenvalue weighted by molar-refractivity contribution is 0.0697. The average molecular weight is 394 g/mol. The van der Waals surface area contributed by atoms with Crippen molar-refractivity contribution in [3.05, 3.63) is 89.2 Å². The molecule has 7 heteroatoms. The second-order valence-electron chi connectivity index (χ2n) is 6.08. The van der Waals surface area contributed by atoms with Gasteiger partial charge >= 0.3 is 5.97 Å². The van der Waals surface area contributed by atoms with E-state index in [1.54, 1.807) is 49.7 Å². The van der Waals surface area contributed by atoms with Gasteiger partial charge in [0.25, 0.3) is 0 Å². The molecule has 0 atom stereocenters. The van der Waals surface area contributed by atoms with Crippen LogP contribution >= 0.6 is 0 Å². The van der Waals surface area contributed by atoms with Gasteiger partial charge in [0.2, 0.25) is 0 Å². The van der Waals surface area contributed by atoms with Crippen molar-refractivity contribution in [1.82, 2.24) is 0 Å². The Bertz CT molecular complexity index is 1000. The lowest BCUT2D eigenvalue weighted by atomic mass is 10.2. The molecule has 0 saturated carbocycles. The van der Waals surface area contributed by atoms with E-state index in [2.05, 4.69) is 10.5 Å². The number of nitrogens with zero attached hydrogens (tertiary/aromatic N) is 1. The minimum Gasteiger partial charge on any atom is -0.493 e. The number of rotatable bonds is 8. The fourth-order valence-electron chi connectivity index (χ4n) is 2.49. The summed E-state index contributed by atoms with van der Waals surface area (Å²) < 4.78 is 24.1. The van der Waals surface area contributed by atoms with Crippen molar-refractivity contribution in [1.29, 1.82) is 0 Å². The highest BCUT2D eigenvalue weighted by atomic mass is 19.1. The molecule has 148 valence electrons. The summed E-state index contributed by atoms with van der Waals surface area (Å²) >= 11 is 0. The van der Waals surface area contributed by atoms with Crippen molar-refractivity contribution >= 4 is 17.9 Å². The van der Waals surface area contributed by atoms with Crippen LogP contribution in [0.1, 0.15) is 21.5 Å². The van der Waals surface area contributed by atoms with Crippen LogP contribution in [-0.2, 0) is 6.61 Å². The van der Waals surface area contributed by atoms with Crippen molar-refractivity contribution in [2.45, 2.75) is 6.61 Å². The van der Waals surface area contributed by atoms with E-state index in [0.717, 1.165) is 11.1 Å². The van der Waals surface area contributed by atoms with Crippen molar-refractivity contribution in [2.75, 3.05) is 12.5 Å². The van der Waals surface area contributed by atoms with E-state index in [4.69, 9.17) is 14.6 Å². The Morgan fingerprint density at radius 1 is 1.07 bits per heavy atom. The number of ether oxygens (including phenoxy) is 2. The molecule has 0 aliphatic heterocycles. The first-order valence-electron chi connectivity index (χ1n) is 8.73. The molecule has 0 fully saturated rings. The first-order chi connectivity index (χ1) is 14.0. The molecule has 0 aliphatic carbocycles. The van der Waals surface area contributed by atoms with Crippen LogP contribution in [0.4, 0.5) is 10.1 Å². The molecule has 6 nitrogen and oxygen atoms in total. The standard InChI is InChI=1S/C22H19FN2O4/c1-28-21-12-16(13-24-25-19-9-5-17(6-10-19)22(26)27)4-11-20(21)29-14-15-2-7-18(23)8-3-15/h2-13,25H,14H2,1H3,(H,26,27)/b24-13+. The molecule has 0 saturated heterocycles. The molecule has 3 rings (SSSR count). The summed E-state index contributed by atoms with van der Waals surface area (Å²) in [6.45, 7) is 0.290. The molecule has 0 bridgehead atoms. The van der Waals surface area contributed by atoms with Crippen LogP contribution in [-0.4, -0.2) is 24.4 Å². The fourth-order valence-corrected chi connectivity index (χ4v) is 2.49. The van der Waals surface area contributed by atoms with Gasteiger partial charge in [0.15, 0.2) is 11.5 Å². The number of anilines is 1. The van der Waals surface area contributed by atoms with Crippen LogP contribution < -0.4 is 14.9 Å². The Balaban J connectivity index is 1.62. The maximum absolute atomic E-state index is 13.0. The van der Waals surface area contributed by atoms with Gasteiger partial charge in [-0.1, -0.05) is 12.1 Å². The Labute approximate surface area is 167 Å². The molecular formula is C22H19FN2O4. The zero-order chi connectivity index (χ0) is 20.6. The van der Waals surface area contributed by atoms with Gasteiger partial charge in [-0.15, -0.1) is 0 Å².